The fourth-order valence-electron chi connectivity index (χ4n) is 3.35. The fourth-order valence-corrected chi connectivity index (χ4v) is 3.35. The summed E-state index contributed by atoms with van der Waals surface area (Å²) in [5.41, 5.74) is 7.23. The van der Waals surface area contributed by atoms with Crippen molar-refractivity contribution in [3.05, 3.63) is 29.8 Å². The molecule has 0 heterocycles. The lowest BCUT2D eigenvalue weighted by Gasteiger charge is -2.35. The summed E-state index contributed by atoms with van der Waals surface area (Å²) < 4.78 is 0. The van der Waals surface area contributed by atoms with Gasteiger partial charge in [-0.3, -0.25) is 9.59 Å². The molecule has 0 bridgehead atoms. The molecule has 2 rings (SSSR count). The molecule has 1 aliphatic rings. The lowest BCUT2D eigenvalue weighted by atomic mass is 9.71. The summed E-state index contributed by atoms with van der Waals surface area (Å²) in [6, 6.07) is 7.02. The normalized spacial score (nSPS) is 15.8. The van der Waals surface area contributed by atoms with Crippen LogP contribution in [0.15, 0.2) is 24.3 Å². The average molecular weight is 368 g/mol. The van der Waals surface area contributed by atoms with E-state index in [4.69, 9.17) is 5.73 Å². The van der Waals surface area contributed by atoms with Gasteiger partial charge in [-0.15, -0.1) is 12.4 Å². The van der Waals surface area contributed by atoms with Crippen LogP contribution in [0.4, 0.5) is 5.69 Å². The van der Waals surface area contributed by atoms with Crippen molar-refractivity contribution in [3.63, 3.8) is 0 Å². The zero-order valence-electron chi connectivity index (χ0n) is 15.0. The molecule has 5 nitrogen and oxygen atoms in total. The number of hydrogen-bond acceptors (Lipinski definition) is 3. The van der Waals surface area contributed by atoms with Gasteiger partial charge >= 0.3 is 0 Å². The maximum absolute atomic E-state index is 12.4. The summed E-state index contributed by atoms with van der Waals surface area (Å²) in [6.07, 6.45) is 7.01. The largest absolute Gasteiger partial charge is 0.352 e. The fraction of sp³-hybridized carbons (Fsp3) is 0.579. The summed E-state index contributed by atoms with van der Waals surface area (Å²) in [5.74, 6) is -0.0791. The summed E-state index contributed by atoms with van der Waals surface area (Å²) >= 11 is 0. The number of anilines is 1. The highest BCUT2D eigenvalue weighted by Gasteiger charge is 2.32. The van der Waals surface area contributed by atoms with Gasteiger partial charge in [-0.25, -0.2) is 0 Å². The van der Waals surface area contributed by atoms with Crippen molar-refractivity contribution in [1.82, 2.24) is 5.32 Å². The second kappa shape index (κ2) is 10.4. The van der Waals surface area contributed by atoms with Crippen LogP contribution in [0.2, 0.25) is 0 Å². The van der Waals surface area contributed by atoms with Gasteiger partial charge in [0.05, 0.1) is 0 Å². The first-order chi connectivity index (χ1) is 11.6. The molecule has 25 heavy (non-hydrogen) atoms. The van der Waals surface area contributed by atoms with Crippen molar-refractivity contribution in [1.29, 1.82) is 0 Å². The number of amides is 2. The molecule has 1 aromatic rings. The van der Waals surface area contributed by atoms with E-state index in [1.165, 1.54) is 6.42 Å². The number of carbonyl (C=O) groups is 2. The van der Waals surface area contributed by atoms with Gasteiger partial charge in [0.15, 0.2) is 0 Å². The molecule has 0 atom stereocenters. The van der Waals surface area contributed by atoms with Crippen LogP contribution in [0.5, 0.6) is 0 Å². The molecule has 0 aliphatic heterocycles. The van der Waals surface area contributed by atoms with Crippen molar-refractivity contribution >= 4 is 29.9 Å². The standard InChI is InChI=1S/C19H29N3O2.ClH/c1-2-12-21-18(24)15-6-8-16(9-7-15)22-17(23)13-19(14-20)10-4-3-5-11-19;/h6-9H,2-5,10-14,20H2,1H3,(H,21,24)(H,22,23);1H. The molecule has 0 radical (unpaired) electrons. The minimum atomic E-state index is -0.0842. The zero-order chi connectivity index (χ0) is 17.4. The molecule has 1 aromatic carbocycles. The number of halogens is 1. The van der Waals surface area contributed by atoms with Gasteiger partial charge < -0.3 is 16.4 Å². The predicted molar refractivity (Wildman–Crippen MR) is 104 cm³/mol. The van der Waals surface area contributed by atoms with Crippen LogP contribution >= 0.6 is 12.4 Å². The van der Waals surface area contributed by atoms with Crippen LogP contribution in [-0.4, -0.2) is 24.9 Å². The maximum Gasteiger partial charge on any atom is 0.251 e. The van der Waals surface area contributed by atoms with E-state index in [-0.39, 0.29) is 29.6 Å². The van der Waals surface area contributed by atoms with E-state index in [0.717, 1.165) is 37.8 Å². The molecular formula is C19H30ClN3O2. The van der Waals surface area contributed by atoms with Crippen LogP contribution in [0, 0.1) is 5.41 Å². The van der Waals surface area contributed by atoms with Gasteiger partial charge in [-0.05, 0) is 55.5 Å². The Hall–Kier alpha value is -1.59. The van der Waals surface area contributed by atoms with Crippen molar-refractivity contribution in [3.8, 4) is 0 Å². The highest BCUT2D eigenvalue weighted by atomic mass is 35.5. The Morgan fingerprint density at radius 3 is 2.32 bits per heavy atom. The van der Waals surface area contributed by atoms with Crippen molar-refractivity contribution < 1.29 is 9.59 Å². The Morgan fingerprint density at radius 2 is 1.76 bits per heavy atom. The number of nitrogens with two attached hydrogens (primary N) is 1. The first kappa shape index (κ1) is 21.5. The number of carbonyl (C=O) groups excluding carboxylic acids is 2. The second-order valence-corrected chi connectivity index (χ2v) is 6.82. The molecule has 0 aromatic heterocycles. The molecule has 1 fully saturated rings. The molecule has 0 spiro atoms. The molecule has 140 valence electrons. The molecule has 4 N–H and O–H groups in total. The molecule has 1 saturated carbocycles. The molecular weight excluding hydrogens is 338 g/mol. The minimum absolute atomic E-state index is 0. The Morgan fingerprint density at radius 1 is 1.12 bits per heavy atom. The summed E-state index contributed by atoms with van der Waals surface area (Å²) in [5, 5.41) is 5.77. The number of benzene rings is 1. The van der Waals surface area contributed by atoms with E-state index in [9.17, 15) is 9.59 Å². The SMILES string of the molecule is CCCNC(=O)c1ccc(NC(=O)CC2(CN)CCCCC2)cc1.Cl. The molecule has 1 aliphatic carbocycles. The molecule has 2 amide bonds. The summed E-state index contributed by atoms with van der Waals surface area (Å²) in [7, 11) is 0. The van der Waals surface area contributed by atoms with E-state index in [1.54, 1.807) is 24.3 Å². The third-order valence-electron chi connectivity index (χ3n) is 4.85. The highest BCUT2D eigenvalue weighted by Crippen LogP contribution is 2.38. The molecule has 0 saturated heterocycles. The number of hydrogen-bond donors (Lipinski definition) is 3. The Labute approximate surface area is 156 Å². The van der Waals surface area contributed by atoms with Crippen LogP contribution < -0.4 is 16.4 Å². The van der Waals surface area contributed by atoms with Gasteiger partial charge in [-0.1, -0.05) is 26.2 Å². The van der Waals surface area contributed by atoms with Crippen LogP contribution in [-0.2, 0) is 4.79 Å². The van der Waals surface area contributed by atoms with Crippen LogP contribution in [0.1, 0.15) is 62.2 Å². The Bertz CT molecular complexity index is 554. The van der Waals surface area contributed by atoms with E-state index in [2.05, 4.69) is 10.6 Å². The first-order valence-electron chi connectivity index (χ1n) is 8.97. The zero-order valence-corrected chi connectivity index (χ0v) is 15.8. The smallest absolute Gasteiger partial charge is 0.251 e. The monoisotopic (exact) mass is 367 g/mol. The first-order valence-corrected chi connectivity index (χ1v) is 8.97. The molecule has 0 unspecified atom stereocenters. The number of rotatable bonds is 7. The van der Waals surface area contributed by atoms with Crippen molar-refractivity contribution in [2.24, 2.45) is 11.1 Å². The summed E-state index contributed by atoms with van der Waals surface area (Å²) in [4.78, 5) is 24.2. The van der Waals surface area contributed by atoms with E-state index in [1.807, 2.05) is 6.92 Å². The topological polar surface area (TPSA) is 84.2 Å². The van der Waals surface area contributed by atoms with Crippen molar-refractivity contribution in [2.75, 3.05) is 18.4 Å². The van der Waals surface area contributed by atoms with Gasteiger partial charge in [0.2, 0.25) is 5.91 Å². The quantitative estimate of drug-likeness (QED) is 0.689. The van der Waals surface area contributed by atoms with Gasteiger partial charge in [0, 0.05) is 24.2 Å². The Balaban J connectivity index is 0.00000312. The highest BCUT2D eigenvalue weighted by molar-refractivity contribution is 5.95. The lowest BCUT2D eigenvalue weighted by molar-refractivity contribution is -0.118. The van der Waals surface area contributed by atoms with E-state index in [0.29, 0.717) is 25.1 Å². The van der Waals surface area contributed by atoms with Crippen LogP contribution in [0.3, 0.4) is 0 Å². The van der Waals surface area contributed by atoms with Crippen LogP contribution in [0.25, 0.3) is 0 Å². The predicted octanol–water partition coefficient (Wildman–Crippen LogP) is 3.49. The Kier molecular flexibility index (Phi) is 8.93. The van der Waals surface area contributed by atoms with Gasteiger partial charge in [0.1, 0.15) is 0 Å². The third kappa shape index (κ3) is 6.33. The van der Waals surface area contributed by atoms with E-state index < -0.39 is 0 Å². The maximum atomic E-state index is 12.4. The molecule has 6 heteroatoms. The average Bonchev–Trinajstić information content (AvgIpc) is 2.61. The second-order valence-electron chi connectivity index (χ2n) is 6.82. The van der Waals surface area contributed by atoms with Crippen molar-refractivity contribution in [2.45, 2.75) is 51.9 Å². The lowest BCUT2D eigenvalue weighted by Crippen LogP contribution is -2.36. The van der Waals surface area contributed by atoms with E-state index >= 15 is 0 Å². The van der Waals surface area contributed by atoms with Gasteiger partial charge in [0.25, 0.3) is 5.91 Å². The minimum Gasteiger partial charge on any atom is -0.352 e. The third-order valence-corrected chi connectivity index (χ3v) is 4.85. The number of nitrogens with one attached hydrogen (secondary N) is 2. The summed E-state index contributed by atoms with van der Waals surface area (Å²) in [6.45, 7) is 3.24. The van der Waals surface area contributed by atoms with Gasteiger partial charge in [-0.2, -0.15) is 0 Å².